The van der Waals surface area contributed by atoms with Crippen LogP contribution in [0.1, 0.15) is 74.9 Å². The maximum Gasteiger partial charge on any atom is 0.335 e. The molecule has 0 bridgehead atoms. The number of carboxylic acids is 1. The van der Waals surface area contributed by atoms with Gasteiger partial charge in [0.05, 0.1) is 27.4 Å². The number of unbranched alkanes of at least 4 members (excludes halogenated alkanes) is 2. The van der Waals surface area contributed by atoms with Crippen molar-refractivity contribution in [3.63, 3.8) is 0 Å². The van der Waals surface area contributed by atoms with Crippen molar-refractivity contribution in [2.45, 2.75) is 69.1 Å². The van der Waals surface area contributed by atoms with Gasteiger partial charge in [-0.05, 0) is 75.1 Å². The van der Waals surface area contributed by atoms with Gasteiger partial charge in [0.2, 0.25) is 5.69 Å². The number of nitrogens with zero attached hydrogens (tertiary/aromatic N) is 2. The summed E-state index contributed by atoms with van der Waals surface area (Å²) < 4.78 is 101. The van der Waals surface area contributed by atoms with Crippen LogP contribution < -0.4 is 4.90 Å². The Hall–Kier alpha value is -3.67. The zero-order valence-corrected chi connectivity index (χ0v) is 30.7. The van der Waals surface area contributed by atoms with Gasteiger partial charge in [-0.2, -0.15) is 21.4 Å². The molecule has 0 amide bonds. The first-order valence-corrected chi connectivity index (χ1v) is 20.5. The highest BCUT2D eigenvalue weighted by molar-refractivity contribution is 7.86. The second-order valence-corrected chi connectivity index (χ2v) is 17.9. The van der Waals surface area contributed by atoms with Crippen LogP contribution in [0, 0.1) is 0 Å². The van der Waals surface area contributed by atoms with Crippen LogP contribution in [0.25, 0.3) is 0 Å². The van der Waals surface area contributed by atoms with E-state index in [0.29, 0.717) is 37.2 Å². The molecule has 0 saturated carbocycles. The van der Waals surface area contributed by atoms with Crippen molar-refractivity contribution in [2.24, 2.45) is 0 Å². The molecule has 0 atom stereocenters. The quantitative estimate of drug-likeness (QED) is 0.0971. The van der Waals surface area contributed by atoms with E-state index in [1.165, 1.54) is 18.2 Å². The number of benzene rings is 2. The molecule has 3 N–H and O–H groups in total. The van der Waals surface area contributed by atoms with Gasteiger partial charge in [-0.15, -0.1) is 0 Å². The Labute approximate surface area is 293 Å². The predicted octanol–water partition coefficient (Wildman–Crippen LogP) is 4.80. The van der Waals surface area contributed by atoms with E-state index >= 15 is 0 Å². The first-order valence-electron chi connectivity index (χ1n) is 15.9. The van der Waals surface area contributed by atoms with Crippen LogP contribution in [0.3, 0.4) is 0 Å². The molecule has 2 aliphatic rings. The van der Waals surface area contributed by atoms with Gasteiger partial charge in [-0.1, -0.05) is 32.1 Å². The lowest BCUT2D eigenvalue weighted by Crippen LogP contribution is -2.28. The van der Waals surface area contributed by atoms with Gasteiger partial charge in [0.15, 0.2) is 5.71 Å². The number of carboxylic acid groups (broad SMARTS) is 1. The Bertz CT molecular complexity index is 2130. The molecule has 0 radical (unpaired) electrons. The minimum atomic E-state index is -4.71. The van der Waals surface area contributed by atoms with Crippen LogP contribution >= 0.6 is 0 Å². The number of anilines is 1. The van der Waals surface area contributed by atoms with Crippen molar-refractivity contribution >= 4 is 53.4 Å². The highest BCUT2D eigenvalue weighted by Crippen LogP contribution is 2.48. The van der Waals surface area contributed by atoms with Crippen LogP contribution in [0.5, 0.6) is 0 Å². The minimum Gasteiger partial charge on any atom is -0.744 e. The van der Waals surface area contributed by atoms with Gasteiger partial charge in [-0.3, -0.25) is 9.11 Å². The Kier molecular flexibility index (Phi) is 11.4. The molecule has 0 aromatic heterocycles. The number of hydrogen-bond acceptors (Lipinski definition) is 9. The van der Waals surface area contributed by atoms with Gasteiger partial charge < -0.3 is 14.6 Å². The van der Waals surface area contributed by atoms with Crippen molar-refractivity contribution in [3.8, 4) is 0 Å². The Balaban J connectivity index is 1.67. The zero-order valence-electron chi connectivity index (χ0n) is 28.2. The van der Waals surface area contributed by atoms with E-state index in [9.17, 15) is 39.7 Å². The molecule has 0 saturated heterocycles. The van der Waals surface area contributed by atoms with Gasteiger partial charge in [-0.25, -0.2) is 13.2 Å². The molecule has 50 heavy (non-hydrogen) atoms. The van der Waals surface area contributed by atoms with Crippen LogP contribution in [0.15, 0.2) is 77.4 Å². The molecule has 0 spiro atoms. The van der Waals surface area contributed by atoms with Crippen LogP contribution in [-0.4, -0.2) is 84.9 Å². The second-order valence-electron chi connectivity index (χ2n) is 13.4. The van der Waals surface area contributed by atoms with Crippen molar-refractivity contribution < 1.29 is 53.4 Å². The maximum absolute atomic E-state index is 11.8. The molecule has 4 rings (SSSR count). The first-order chi connectivity index (χ1) is 23.0. The standard InChI is InChI=1S/C34H42N2O11S3/c1-33(2)26-22-24(32(37)38)14-16-28(26)35(18-8-10-20-48(39,40)41)30(33)12-6-5-7-13-31-34(3,4)27-23-25(50(45,46)47)15-17-29(27)36(31)19-9-11-21-49(42,43)44/h5-7,12-17,22-23H,8-11,18-21H2,1-4H3,(H3-,37,38,39,40,41,42,43,44,45,46,47). The largest absolute Gasteiger partial charge is 0.744 e. The van der Waals surface area contributed by atoms with Crippen LogP contribution in [-0.2, 0) is 41.2 Å². The summed E-state index contributed by atoms with van der Waals surface area (Å²) in [6.07, 6.45) is 10.4. The fraction of sp³-hybridized carbons (Fsp3) is 0.412. The van der Waals surface area contributed by atoms with Gasteiger partial charge in [0, 0.05) is 47.5 Å². The molecular weight excluding hydrogens is 709 g/mol. The monoisotopic (exact) mass is 750 g/mol. The number of carbonyl (C=O) groups is 1. The summed E-state index contributed by atoms with van der Waals surface area (Å²) in [4.78, 5) is 13.3. The molecule has 2 aromatic rings. The average molecular weight is 751 g/mol. The Morgan fingerprint density at radius 2 is 1.46 bits per heavy atom. The van der Waals surface area contributed by atoms with Gasteiger partial charge >= 0.3 is 5.97 Å². The molecule has 272 valence electrons. The fourth-order valence-electron chi connectivity index (χ4n) is 6.57. The van der Waals surface area contributed by atoms with Crippen molar-refractivity contribution in [3.05, 3.63) is 89.2 Å². The van der Waals surface area contributed by atoms with Gasteiger partial charge in [0.25, 0.3) is 20.2 Å². The normalized spacial score (nSPS) is 18.1. The lowest BCUT2D eigenvalue weighted by Gasteiger charge is -2.27. The molecule has 2 heterocycles. The lowest BCUT2D eigenvalue weighted by molar-refractivity contribution is -0.438. The van der Waals surface area contributed by atoms with Crippen LogP contribution in [0.2, 0.25) is 0 Å². The third-order valence-corrected chi connectivity index (χ3v) is 11.5. The molecular formula is C34H42N2O11S3. The van der Waals surface area contributed by atoms with E-state index in [0.717, 1.165) is 22.7 Å². The Morgan fingerprint density at radius 3 is 2.06 bits per heavy atom. The molecule has 2 aliphatic heterocycles. The third kappa shape index (κ3) is 8.97. The number of hydrogen-bond donors (Lipinski definition) is 3. The summed E-state index contributed by atoms with van der Waals surface area (Å²) in [6, 6.07) is 9.06. The van der Waals surface area contributed by atoms with E-state index < -0.39 is 52.9 Å². The highest BCUT2D eigenvalue weighted by Gasteiger charge is 2.44. The molecule has 13 nitrogen and oxygen atoms in total. The number of allylic oxidation sites excluding steroid dienone is 6. The molecule has 16 heteroatoms. The van der Waals surface area contributed by atoms with E-state index in [4.69, 9.17) is 9.11 Å². The highest BCUT2D eigenvalue weighted by atomic mass is 32.2. The molecule has 0 aliphatic carbocycles. The minimum absolute atomic E-state index is 0.141. The second kappa shape index (κ2) is 14.5. The summed E-state index contributed by atoms with van der Waals surface area (Å²) in [5.74, 6) is -1.83. The van der Waals surface area contributed by atoms with Gasteiger partial charge in [0.1, 0.15) is 16.7 Å². The zero-order chi connectivity index (χ0) is 37.3. The Morgan fingerprint density at radius 1 is 0.820 bits per heavy atom. The van der Waals surface area contributed by atoms with E-state index in [-0.39, 0.29) is 29.1 Å². The topological polar surface area (TPSA) is 209 Å². The van der Waals surface area contributed by atoms with Crippen molar-refractivity contribution in [2.75, 3.05) is 29.5 Å². The summed E-state index contributed by atoms with van der Waals surface area (Å²) in [5, 5.41) is 9.60. The lowest BCUT2D eigenvalue weighted by atomic mass is 9.81. The molecule has 0 fully saturated rings. The van der Waals surface area contributed by atoms with E-state index in [2.05, 4.69) is 0 Å². The maximum atomic E-state index is 11.8. The van der Waals surface area contributed by atoms with Crippen molar-refractivity contribution in [1.82, 2.24) is 0 Å². The van der Waals surface area contributed by atoms with Crippen molar-refractivity contribution in [1.29, 1.82) is 0 Å². The first kappa shape index (κ1) is 39.1. The summed E-state index contributed by atoms with van der Waals surface area (Å²) >= 11 is 0. The summed E-state index contributed by atoms with van der Waals surface area (Å²) in [7, 11) is -13.0. The fourth-order valence-corrected chi connectivity index (χ4v) is 8.20. The predicted molar refractivity (Wildman–Crippen MR) is 189 cm³/mol. The number of fused-ring (bicyclic) bond motifs is 2. The van der Waals surface area contributed by atoms with E-state index in [1.807, 2.05) is 55.4 Å². The van der Waals surface area contributed by atoms with Crippen LogP contribution in [0.4, 0.5) is 11.4 Å². The number of rotatable bonds is 15. The number of aromatic carboxylic acids is 1. The summed E-state index contributed by atoms with van der Waals surface area (Å²) in [5.41, 5.74) is 3.30. The molecule has 2 aromatic carbocycles. The smallest absolute Gasteiger partial charge is 0.335 e. The van der Waals surface area contributed by atoms with E-state index in [1.54, 1.807) is 30.4 Å². The summed E-state index contributed by atoms with van der Waals surface area (Å²) in [6.45, 7) is 8.50. The average Bonchev–Trinajstić information content (AvgIpc) is 3.33. The third-order valence-electron chi connectivity index (χ3n) is 9.09. The molecule has 0 unspecified atom stereocenters. The SMILES string of the molecule is CC1(C)C(=CC=CC=CC2=[N+](CCCCS(=O)(=O)O)c3ccc(C(=O)O)cc3C2(C)C)N(CCCCS(=O)(=O)O)c2ccc(S(=O)(=O)[O-])cc21.